The van der Waals surface area contributed by atoms with E-state index in [9.17, 15) is 4.79 Å². The second kappa shape index (κ2) is 12.0. The van der Waals surface area contributed by atoms with Gasteiger partial charge in [0.25, 0.3) is 0 Å². The molecule has 29 heavy (non-hydrogen) atoms. The van der Waals surface area contributed by atoms with Gasteiger partial charge in [-0.1, -0.05) is 29.8 Å². The van der Waals surface area contributed by atoms with Crippen LogP contribution in [-0.4, -0.2) is 35.9 Å². The van der Waals surface area contributed by atoms with Gasteiger partial charge in [-0.3, -0.25) is 10.1 Å². The van der Waals surface area contributed by atoms with E-state index in [1.807, 2.05) is 67.3 Å². The minimum atomic E-state index is -0.284. The van der Waals surface area contributed by atoms with Crippen molar-refractivity contribution in [3.63, 3.8) is 0 Å². The van der Waals surface area contributed by atoms with Crippen LogP contribution in [0.15, 0.2) is 54.6 Å². The van der Waals surface area contributed by atoms with E-state index in [0.29, 0.717) is 24.7 Å². The first-order valence-corrected chi connectivity index (χ1v) is 10.1. The third-order valence-corrected chi connectivity index (χ3v) is 4.55. The van der Waals surface area contributed by atoms with Crippen LogP contribution in [0.2, 0.25) is 0 Å². The first kappa shape index (κ1) is 22.6. The largest absolute Gasteiger partial charge is 0.494 e. The van der Waals surface area contributed by atoms with Crippen molar-refractivity contribution < 1.29 is 14.6 Å². The first-order chi connectivity index (χ1) is 14.0. The van der Waals surface area contributed by atoms with Crippen molar-refractivity contribution in [2.75, 3.05) is 24.7 Å². The number of amides is 1. The van der Waals surface area contributed by atoms with E-state index in [0.717, 1.165) is 23.4 Å². The Bertz CT molecular complexity index is 817. The van der Waals surface area contributed by atoms with Gasteiger partial charge in [0.05, 0.1) is 6.61 Å². The lowest BCUT2D eigenvalue weighted by molar-refractivity contribution is -0.115. The number of benzene rings is 2. The van der Waals surface area contributed by atoms with Crippen LogP contribution in [0.4, 0.5) is 5.69 Å². The molecule has 0 saturated heterocycles. The maximum atomic E-state index is 12.3. The number of anilines is 1. The molecule has 0 aliphatic carbocycles. The summed E-state index contributed by atoms with van der Waals surface area (Å²) in [6, 6.07) is 15.5. The van der Waals surface area contributed by atoms with Crippen LogP contribution in [-0.2, 0) is 4.79 Å². The van der Waals surface area contributed by atoms with Crippen molar-refractivity contribution in [3.8, 4) is 5.75 Å². The van der Waals surface area contributed by atoms with Crippen molar-refractivity contribution in [2.45, 2.75) is 26.7 Å². The number of hydrogen-bond acceptors (Lipinski definition) is 4. The third-order valence-electron chi connectivity index (χ3n) is 4.23. The molecular formula is C23H28N2O3S. The highest BCUT2D eigenvalue weighted by Crippen LogP contribution is 2.20. The van der Waals surface area contributed by atoms with Gasteiger partial charge in [0, 0.05) is 24.9 Å². The van der Waals surface area contributed by atoms with E-state index in [-0.39, 0.29) is 12.5 Å². The molecular weight excluding hydrogens is 384 g/mol. The minimum Gasteiger partial charge on any atom is -0.494 e. The van der Waals surface area contributed by atoms with Crippen molar-refractivity contribution in [2.24, 2.45) is 0 Å². The van der Waals surface area contributed by atoms with Crippen LogP contribution >= 0.6 is 12.2 Å². The van der Waals surface area contributed by atoms with Gasteiger partial charge in [-0.2, -0.15) is 0 Å². The van der Waals surface area contributed by atoms with Gasteiger partial charge >= 0.3 is 0 Å². The average Bonchev–Trinajstić information content (AvgIpc) is 2.72. The number of nitrogens with zero attached hydrogens (tertiary/aromatic N) is 1. The van der Waals surface area contributed by atoms with E-state index in [4.69, 9.17) is 22.1 Å². The summed E-state index contributed by atoms with van der Waals surface area (Å²) in [6.07, 6.45) is 4.64. The molecule has 2 aromatic carbocycles. The Morgan fingerprint density at radius 1 is 1.14 bits per heavy atom. The number of hydrogen-bond donors (Lipinski definition) is 2. The second-order valence-electron chi connectivity index (χ2n) is 6.55. The monoisotopic (exact) mass is 412 g/mol. The maximum absolute atomic E-state index is 12.3. The Morgan fingerprint density at radius 3 is 2.45 bits per heavy atom. The first-order valence-electron chi connectivity index (χ1n) is 9.74. The molecule has 1 amide bonds. The van der Waals surface area contributed by atoms with Gasteiger partial charge in [0.15, 0.2) is 5.11 Å². The van der Waals surface area contributed by atoms with Gasteiger partial charge in [0.1, 0.15) is 5.75 Å². The predicted molar refractivity (Wildman–Crippen MR) is 122 cm³/mol. The van der Waals surface area contributed by atoms with Crippen LogP contribution in [0.3, 0.4) is 0 Å². The lowest BCUT2D eigenvalue weighted by Crippen LogP contribution is -2.42. The van der Waals surface area contributed by atoms with Crippen LogP contribution in [0.1, 0.15) is 30.9 Å². The molecule has 0 radical (unpaired) electrons. The molecule has 2 rings (SSSR count). The third kappa shape index (κ3) is 7.68. The van der Waals surface area contributed by atoms with Crippen LogP contribution in [0.25, 0.3) is 6.08 Å². The number of ether oxygens (including phenoxy) is 1. The Balaban J connectivity index is 2.05. The molecule has 0 aromatic heterocycles. The lowest BCUT2D eigenvalue weighted by atomic mass is 10.1. The van der Waals surface area contributed by atoms with Gasteiger partial charge in [-0.15, -0.1) is 0 Å². The molecule has 154 valence electrons. The highest BCUT2D eigenvalue weighted by atomic mass is 32.1. The van der Waals surface area contributed by atoms with E-state index in [2.05, 4.69) is 5.32 Å². The Labute approximate surface area is 178 Å². The zero-order valence-electron chi connectivity index (χ0n) is 16.9. The molecule has 2 aromatic rings. The summed E-state index contributed by atoms with van der Waals surface area (Å²) in [5, 5.41) is 12.2. The SMILES string of the molecule is CCOc1ccc(N(CCCCO)C(=S)NC(=O)/C=C/c2ccc(C)cc2)cc1. The van der Waals surface area contributed by atoms with Crippen LogP contribution in [0.5, 0.6) is 5.75 Å². The van der Waals surface area contributed by atoms with Crippen molar-refractivity contribution in [1.82, 2.24) is 5.32 Å². The van der Waals surface area contributed by atoms with Crippen molar-refractivity contribution >= 4 is 35.0 Å². The number of nitrogens with one attached hydrogen (secondary N) is 1. The normalized spacial score (nSPS) is 10.7. The number of thiocarbonyl (C=S) groups is 1. The fourth-order valence-corrected chi connectivity index (χ4v) is 2.98. The molecule has 6 heteroatoms. The van der Waals surface area contributed by atoms with E-state index in [1.165, 1.54) is 11.6 Å². The van der Waals surface area contributed by atoms with Gasteiger partial charge in [-0.25, -0.2) is 0 Å². The standard InChI is InChI=1S/C23H28N2O3S/c1-3-28-21-13-11-20(12-14-21)25(16-4-5-17-26)23(29)24-22(27)15-10-19-8-6-18(2)7-9-19/h6-15,26H,3-5,16-17H2,1-2H3,(H,24,27,29)/b15-10+. The molecule has 0 unspecified atom stereocenters. The zero-order chi connectivity index (χ0) is 21.1. The quantitative estimate of drug-likeness (QED) is 0.369. The topological polar surface area (TPSA) is 61.8 Å². The molecule has 0 spiro atoms. The highest BCUT2D eigenvalue weighted by molar-refractivity contribution is 7.80. The highest BCUT2D eigenvalue weighted by Gasteiger charge is 2.14. The number of aryl methyl sites for hydroxylation is 1. The Morgan fingerprint density at radius 2 is 1.83 bits per heavy atom. The van der Waals surface area contributed by atoms with Crippen LogP contribution < -0.4 is 15.0 Å². The summed E-state index contributed by atoms with van der Waals surface area (Å²) in [5.74, 6) is 0.496. The minimum absolute atomic E-state index is 0.121. The predicted octanol–water partition coefficient (Wildman–Crippen LogP) is 4.09. The fraction of sp³-hybridized carbons (Fsp3) is 0.304. The molecule has 0 bridgehead atoms. The second-order valence-corrected chi connectivity index (χ2v) is 6.93. The molecule has 0 atom stereocenters. The summed E-state index contributed by atoms with van der Waals surface area (Å²) in [6.45, 7) is 5.26. The lowest BCUT2D eigenvalue weighted by Gasteiger charge is -2.25. The Hall–Kier alpha value is -2.70. The number of rotatable bonds is 9. The summed E-state index contributed by atoms with van der Waals surface area (Å²) in [5.41, 5.74) is 2.98. The molecule has 0 aliphatic rings. The molecule has 0 aliphatic heterocycles. The van der Waals surface area contributed by atoms with E-state index in [1.54, 1.807) is 6.08 Å². The smallest absolute Gasteiger partial charge is 0.250 e. The van der Waals surface area contributed by atoms with E-state index >= 15 is 0 Å². The molecule has 0 fully saturated rings. The number of carbonyl (C=O) groups excluding carboxylic acids is 1. The summed E-state index contributed by atoms with van der Waals surface area (Å²) in [4.78, 5) is 14.2. The van der Waals surface area contributed by atoms with E-state index < -0.39 is 0 Å². The van der Waals surface area contributed by atoms with Gasteiger partial charge < -0.3 is 14.7 Å². The summed E-state index contributed by atoms with van der Waals surface area (Å²) in [7, 11) is 0. The molecule has 5 nitrogen and oxygen atoms in total. The maximum Gasteiger partial charge on any atom is 0.250 e. The number of carbonyl (C=O) groups is 1. The average molecular weight is 413 g/mol. The Kier molecular flexibility index (Phi) is 9.34. The molecule has 2 N–H and O–H groups in total. The van der Waals surface area contributed by atoms with Gasteiger partial charge in [-0.05, 0) is 74.8 Å². The summed E-state index contributed by atoms with van der Waals surface area (Å²) >= 11 is 5.48. The van der Waals surface area contributed by atoms with Crippen molar-refractivity contribution in [3.05, 3.63) is 65.7 Å². The fourth-order valence-electron chi connectivity index (χ4n) is 2.68. The van der Waals surface area contributed by atoms with Crippen LogP contribution in [0, 0.1) is 6.92 Å². The summed E-state index contributed by atoms with van der Waals surface area (Å²) < 4.78 is 5.48. The molecule has 0 saturated carbocycles. The number of aliphatic hydroxyl groups is 1. The molecule has 0 heterocycles. The van der Waals surface area contributed by atoms with Gasteiger partial charge in [0.2, 0.25) is 5.91 Å². The number of unbranched alkanes of at least 4 members (excludes halogenated alkanes) is 1. The van der Waals surface area contributed by atoms with Crippen molar-refractivity contribution in [1.29, 1.82) is 0 Å². The number of aliphatic hydroxyl groups excluding tert-OH is 1. The zero-order valence-corrected chi connectivity index (χ0v) is 17.7.